The van der Waals surface area contributed by atoms with Crippen molar-refractivity contribution in [1.29, 1.82) is 0 Å². The molecular formula is C29H37N3O5. The van der Waals surface area contributed by atoms with Crippen LogP contribution in [0.3, 0.4) is 0 Å². The van der Waals surface area contributed by atoms with Gasteiger partial charge in [-0.05, 0) is 51.4 Å². The van der Waals surface area contributed by atoms with Crippen LogP contribution in [-0.2, 0) is 9.59 Å². The molecule has 1 saturated heterocycles. The summed E-state index contributed by atoms with van der Waals surface area (Å²) in [7, 11) is 0. The zero-order valence-corrected chi connectivity index (χ0v) is 22.0. The summed E-state index contributed by atoms with van der Waals surface area (Å²) in [5.41, 5.74) is 1.63. The number of nitro groups is 1. The number of likely N-dealkylation sites (tertiary alicyclic amines) is 1. The number of non-ortho nitro benzene ring substituents is 1. The van der Waals surface area contributed by atoms with Crippen molar-refractivity contribution in [3.05, 3.63) is 80.9 Å². The maximum atomic E-state index is 13.2. The number of aliphatic hydroxyl groups excluding tert-OH is 1. The van der Waals surface area contributed by atoms with E-state index in [2.05, 4.69) is 18.7 Å². The number of Topliss-reactive ketones (excluding diaryl/α,β-unsaturated/α-hetero) is 1. The van der Waals surface area contributed by atoms with Crippen molar-refractivity contribution in [2.45, 2.75) is 58.9 Å². The molecule has 1 fully saturated rings. The number of carbonyl (C=O) groups excluding carboxylic acids is 2. The lowest BCUT2D eigenvalue weighted by molar-refractivity contribution is -0.384. The third-order valence-electron chi connectivity index (χ3n) is 6.79. The Labute approximate surface area is 218 Å². The van der Waals surface area contributed by atoms with Gasteiger partial charge in [0.25, 0.3) is 17.4 Å². The normalized spacial score (nSPS) is 17.1. The number of unbranched alkanes of at least 4 members (excludes halogenated alkanes) is 2. The number of amides is 1. The van der Waals surface area contributed by atoms with Crippen molar-refractivity contribution < 1.29 is 19.6 Å². The molecule has 1 heterocycles. The molecule has 0 saturated carbocycles. The van der Waals surface area contributed by atoms with Crippen molar-refractivity contribution in [2.24, 2.45) is 0 Å². The van der Waals surface area contributed by atoms with E-state index >= 15 is 0 Å². The molecule has 0 aromatic heterocycles. The molecule has 1 aliphatic rings. The number of aliphatic hydroxyl groups is 1. The number of carbonyl (C=O) groups is 2. The van der Waals surface area contributed by atoms with Crippen LogP contribution in [0.15, 0.2) is 54.1 Å². The van der Waals surface area contributed by atoms with Crippen molar-refractivity contribution in [3.8, 4) is 0 Å². The van der Waals surface area contributed by atoms with Gasteiger partial charge in [-0.15, -0.1) is 0 Å². The van der Waals surface area contributed by atoms with Crippen molar-refractivity contribution in [1.82, 2.24) is 9.80 Å². The molecule has 8 nitrogen and oxygen atoms in total. The summed E-state index contributed by atoms with van der Waals surface area (Å²) in [6.45, 7) is 9.47. The average Bonchev–Trinajstić information content (AvgIpc) is 3.15. The first-order chi connectivity index (χ1) is 17.8. The Balaban J connectivity index is 1.95. The van der Waals surface area contributed by atoms with Gasteiger partial charge in [-0.1, -0.05) is 68.7 Å². The molecule has 2 aromatic carbocycles. The Hall–Kier alpha value is -3.52. The van der Waals surface area contributed by atoms with E-state index in [1.165, 1.54) is 29.2 Å². The maximum absolute atomic E-state index is 13.2. The van der Waals surface area contributed by atoms with Crippen LogP contribution in [0.1, 0.15) is 68.7 Å². The first-order valence-electron chi connectivity index (χ1n) is 13.1. The Morgan fingerprint density at radius 1 is 1.00 bits per heavy atom. The number of hydrogen-bond acceptors (Lipinski definition) is 6. The highest BCUT2D eigenvalue weighted by Crippen LogP contribution is 2.39. The van der Waals surface area contributed by atoms with E-state index in [9.17, 15) is 24.8 Å². The molecule has 3 rings (SSSR count). The zero-order valence-electron chi connectivity index (χ0n) is 22.0. The summed E-state index contributed by atoms with van der Waals surface area (Å²) in [5.74, 6) is -1.84. The standard InChI is InChI=1S/C29H37N3O5/c1-4-6-16-30(17-7-5-2)18-9-19-31-26(22-14-12-21(3)13-15-22)25(28(34)29(31)35)27(33)23-10-8-11-24(20-23)32(36)37/h8,10-15,20,26,33H,4-7,9,16-19H2,1-3H3/t26-/m0/s1. The maximum Gasteiger partial charge on any atom is 0.295 e. The molecule has 1 amide bonds. The number of hydrogen-bond donors (Lipinski definition) is 1. The Morgan fingerprint density at radius 2 is 1.62 bits per heavy atom. The highest BCUT2D eigenvalue weighted by atomic mass is 16.6. The molecule has 1 N–H and O–H groups in total. The van der Waals surface area contributed by atoms with E-state index in [1.54, 1.807) is 0 Å². The summed E-state index contributed by atoms with van der Waals surface area (Å²) in [6.07, 6.45) is 5.14. The van der Waals surface area contributed by atoms with E-state index in [0.717, 1.165) is 50.9 Å². The average molecular weight is 508 g/mol. The molecule has 0 unspecified atom stereocenters. The molecule has 2 aromatic rings. The molecular weight excluding hydrogens is 470 g/mol. The molecule has 8 heteroatoms. The van der Waals surface area contributed by atoms with Gasteiger partial charge in [-0.25, -0.2) is 0 Å². The molecule has 37 heavy (non-hydrogen) atoms. The molecule has 1 atom stereocenters. The summed E-state index contributed by atoms with van der Waals surface area (Å²) < 4.78 is 0. The number of ketones is 1. The first kappa shape index (κ1) is 28.1. The number of benzene rings is 2. The van der Waals surface area contributed by atoms with Gasteiger partial charge in [-0.2, -0.15) is 0 Å². The van der Waals surface area contributed by atoms with Crippen molar-refractivity contribution in [3.63, 3.8) is 0 Å². The second kappa shape index (κ2) is 13.1. The summed E-state index contributed by atoms with van der Waals surface area (Å²) in [6, 6.07) is 12.2. The van der Waals surface area contributed by atoms with Gasteiger partial charge >= 0.3 is 0 Å². The fourth-order valence-electron chi connectivity index (χ4n) is 4.69. The van der Waals surface area contributed by atoms with Gasteiger partial charge in [0.2, 0.25) is 0 Å². The zero-order chi connectivity index (χ0) is 26.9. The summed E-state index contributed by atoms with van der Waals surface area (Å²) in [5, 5.41) is 22.4. The lowest BCUT2D eigenvalue weighted by atomic mass is 9.94. The fraction of sp³-hybridized carbons (Fsp3) is 0.448. The molecule has 198 valence electrons. The van der Waals surface area contributed by atoms with Crippen molar-refractivity contribution in [2.75, 3.05) is 26.2 Å². The SMILES string of the molecule is CCCCN(CCCC)CCCN1C(=O)C(=O)C(=C(O)c2cccc([N+](=O)[O-])c2)[C@@H]1c1ccc(C)cc1. The Morgan fingerprint density at radius 3 is 2.22 bits per heavy atom. The minimum absolute atomic E-state index is 0.0387. The van der Waals surface area contributed by atoms with E-state index in [4.69, 9.17) is 0 Å². The molecule has 0 radical (unpaired) electrons. The smallest absolute Gasteiger partial charge is 0.295 e. The monoisotopic (exact) mass is 507 g/mol. The predicted octanol–water partition coefficient (Wildman–Crippen LogP) is 5.62. The second-order valence-corrected chi connectivity index (χ2v) is 9.61. The third-order valence-corrected chi connectivity index (χ3v) is 6.79. The van der Waals surface area contributed by atoms with E-state index in [-0.39, 0.29) is 16.8 Å². The van der Waals surface area contributed by atoms with E-state index in [0.29, 0.717) is 18.5 Å². The van der Waals surface area contributed by atoms with Crippen LogP contribution in [0.25, 0.3) is 5.76 Å². The van der Waals surface area contributed by atoms with Crippen LogP contribution in [-0.4, -0.2) is 57.7 Å². The highest BCUT2D eigenvalue weighted by Gasteiger charge is 2.45. The van der Waals surface area contributed by atoms with Crippen molar-refractivity contribution >= 4 is 23.1 Å². The van der Waals surface area contributed by atoms with Gasteiger partial charge in [0.15, 0.2) is 0 Å². The number of nitrogens with zero attached hydrogens (tertiary/aromatic N) is 3. The lowest BCUT2D eigenvalue weighted by Gasteiger charge is -2.27. The third kappa shape index (κ3) is 6.83. The summed E-state index contributed by atoms with van der Waals surface area (Å²) in [4.78, 5) is 41.1. The molecule has 0 bridgehead atoms. The molecule has 1 aliphatic heterocycles. The fourth-order valence-corrected chi connectivity index (χ4v) is 4.69. The van der Waals surface area contributed by atoms with Crippen LogP contribution < -0.4 is 0 Å². The predicted molar refractivity (Wildman–Crippen MR) is 144 cm³/mol. The van der Waals surface area contributed by atoms with Gasteiger partial charge in [0.1, 0.15) is 5.76 Å². The highest BCUT2D eigenvalue weighted by molar-refractivity contribution is 6.46. The number of nitro benzene ring substituents is 1. The van der Waals surface area contributed by atoms with Crippen LogP contribution in [0.2, 0.25) is 0 Å². The molecule has 0 aliphatic carbocycles. The van der Waals surface area contributed by atoms with Gasteiger partial charge in [-0.3, -0.25) is 19.7 Å². The first-order valence-corrected chi connectivity index (χ1v) is 13.1. The Bertz CT molecular complexity index is 1130. The van der Waals surface area contributed by atoms with Gasteiger partial charge in [0.05, 0.1) is 16.5 Å². The molecule has 0 spiro atoms. The van der Waals surface area contributed by atoms with Crippen LogP contribution >= 0.6 is 0 Å². The number of aryl methyl sites for hydroxylation is 1. The topological polar surface area (TPSA) is 104 Å². The van der Waals surface area contributed by atoms with E-state index < -0.39 is 28.4 Å². The van der Waals surface area contributed by atoms with Gasteiger partial charge < -0.3 is 14.9 Å². The van der Waals surface area contributed by atoms with Crippen LogP contribution in [0.4, 0.5) is 5.69 Å². The summed E-state index contributed by atoms with van der Waals surface area (Å²) >= 11 is 0. The van der Waals surface area contributed by atoms with Crippen LogP contribution in [0, 0.1) is 17.0 Å². The lowest BCUT2D eigenvalue weighted by Crippen LogP contribution is -2.34. The number of rotatable bonds is 13. The minimum Gasteiger partial charge on any atom is -0.507 e. The van der Waals surface area contributed by atoms with E-state index in [1.807, 2.05) is 31.2 Å². The largest absolute Gasteiger partial charge is 0.507 e. The van der Waals surface area contributed by atoms with Gasteiger partial charge in [0, 0.05) is 24.2 Å². The minimum atomic E-state index is -0.775. The quantitative estimate of drug-likeness (QED) is 0.124. The second-order valence-electron chi connectivity index (χ2n) is 9.61. The Kier molecular flexibility index (Phi) is 9.97. The van der Waals surface area contributed by atoms with Crippen LogP contribution in [0.5, 0.6) is 0 Å².